The fourth-order valence-electron chi connectivity index (χ4n) is 3.29. The molecule has 3 heterocycles. The Morgan fingerprint density at radius 3 is 2.74 bits per heavy atom. The predicted octanol–water partition coefficient (Wildman–Crippen LogP) is 4.05. The van der Waals surface area contributed by atoms with Gasteiger partial charge in [-0.2, -0.15) is 5.10 Å². The standard InChI is InChI=1S/C23H25N7O/c1-2-24-23(31)29-21-12-11-19-22(28-21)27-20(15-25-19)18-14-26-30(16-18)13-7-6-10-17-8-4-3-5-9-17/h3-5,8-9,11-12,14-16H,2,6-7,10,13H2,1H3,(H2,24,27,28,29,31). The van der Waals surface area contributed by atoms with Crippen molar-refractivity contribution in [1.29, 1.82) is 0 Å². The number of nitrogens with zero attached hydrogens (tertiary/aromatic N) is 5. The second-order valence-electron chi connectivity index (χ2n) is 7.21. The van der Waals surface area contributed by atoms with Crippen LogP contribution in [0.5, 0.6) is 0 Å². The molecule has 2 N–H and O–H groups in total. The number of benzene rings is 1. The summed E-state index contributed by atoms with van der Waals surface area (Å²) in [5.74, 6) is 0.430. The summed E-state index contributed by atoms with van der Waals surface area (Å²) in [6.07, 6.45) is 8.73. The molecule has 3 aromatic heterocycles. The number of aryl methyl sites for hydroxylation is 2. The van der Waals surface area contributed by atoms with E-state index in [0.29, 0.717) is 29.2 Å². The van der Waals surface area contributed by atoms with Gasteiger partial charge in [-0.3, -0.25) is 15.0 Å². The number of nitrogens with one attached hydrogen (secondary N) is 2. The number of unbranched alkanes of at least 4 members (excludes halogenated alkanes) is 1. The van der Waals surface area contributed by atoms with Crippen LogP contribution < -0.4 is 10.6 Å². The Bertz CT molecular complexity index is 1160. The first-order chi connectivity index (χ1) is 15.2. The number of aromatic nitrogens is 5. The molecule has 2 amide bonds. The van der Waals surface area contributed by atoms with Gasteiger partial charge in [-0.05, 0) is 43.9 Å². The Morgan fingerprint density at radius 2 is 1.90 bits per heavy atom. The quantitative estimate of drug-likeness (QED) is 0.423. The van der Waals surface area contributed by atoms with Gasteiger partial charge in [-0.1, -0.05) is 30.3 Å². The van der Waals surface area contributed by atoms with E-state index in [1.165, 1.54) is 5.56 Å². The Kier molecular flexibility index (Phi) is 6.47. The third-order valence-electron chi connectivity index (χ3n) is 4.86. The molecule has 0 bridgehead atoms. The van der Waals surface area contributed by atoms with Crippen LogP contribution in [-0.2, 0) is 13.0 Å². The van der Waals surface area contributed by atoms with Crippen molar-refractivity contribution in [1.82, 2.24) is 30.0 Å². The minimum absolute atomic E-state index is 0.299. The molecule has 0 aliphatic heterocycles. The Morgan fingerprint density at radius 1 is 1.03 bits per heavy atom. The van der Waals surface area contributed by atoms with Crippen LogP contribution in [0.3, 0.4) is 0 Å². The molecule has 0 radical (unpaired) electrons. The van der Waals surface area contributed by atoms with Gasteiger partial charge in [-0.25, -0.2) is 14.8 Å². The maximum Gasteiger partial charge on any atom is 0.320 e. The molecule has 0 saturated heterocycles. The molecule has 4 rings (SSSR count). The number of carbonyl (C=O) groups excluding carboxylic acids is 1. The normalized spacial score (nSPS) is 10.9. The highest BCUT2D eigenvalue weighted by atomic mass is 16.2. The van der Waals surface area contributed by atoms with E-state index in [1.54, 1.807) is 24.5 Å². The summed E-state index contributed by atoms with van der Waals surface area (Å²) in [6, 6.07) is 13.7. The zero-order valence-electron chi connectivity index (χ0n) is 17.5. The summed E-state index contributed by atoms with van der Waals surface area (Å²) >= 11 is 0. The summed E-state index contributed by atoms with van der Waals surface area (Å²) in [5.41, 5.74) is 4.09. The molecule has 4 aromatic rings. The lowest BCUT2D eigenvalue weighted by Gasteiger charge is -2.06. The smallest absolute Gasteiger partial charge is 0.320 e. The minimum Gasteiger partial charge on any atom is -0.338 e. The van der Waals surface area contributed by atoms with Crippen LogP contribution in [0.4, 0.5) is 10.6 Å². The van der Waals surface area contributed by atoms with E-state index in [0.717, 1.165) is 31.4 Å². The third kappa shape index (κ3) is 5.42. The zero-order chi connectivity index (χ0) is 21.5. The van der Waals surface area contributed by atoms with Crippen LogP contribution in [0.15, 0.2) is 61.1 Å². The summed E-state index contributed by atoms with van der Waals surface area (Å²) in [4.78, 5) is 25.2. The second-order valence-corrected chi connectivity index (χ2v) is 7.21. The van der Waals surface area contributed by atoms with E-state index >= 15 is 0 Å². The molecule has 0 saturated carbocycles. The first-order valence-corrected chi connectivity index (χ1v) is 10.5. The van der Waals surface area contributed by atoms with E-state index in [4.69, 9.17) is 0 Å². The fourth-order valence-corrected chi connectivity index (χ4v) is 3.29. The monoisotopic (exact) mass is 415 g/mol. The Labute approximate surface area is 180 Å². The van der Waals surface area contributed by atoms with Gasteiger partial charge < -0.3 is 5.32 Å². The molecule has 8 nitrogen and oxygen atoms in total. The average Bonchev–Trinajstić information content (AvgIpc) is 3.26. The highest BCUT2D eigenvalue weighted by molar-refractivity contribution is 5.89. The van der Waals surface area contributed by atoms with Crippen LogP contribution >= 0.6 is 0 Å². The first-order valence-electron chi connectivity index (χ1n) is 10.5. The van der Waals surface area contributed by atoms with Crippen molar-refractivity contribution in [2.75, 3.05) is 11.9 Å². The number of anilines is 1. The molecular formula is C23H25N7O. The topological polar surface area (TPSA) is 97.6 Å². The summed E-state index contributed by atoms with van der Waals surface area (Å²) < 4.78 is 1.94. The van der Waals surface area contributed by atoms with E-state index < -0.39 is 0 Å². The van der Waals surface area contributed by atoms with E-state index in [-0.39, 0.29) is 6.03 Å². The Hall–Kier alpha value is -3.81. The number of urea groups is 1. The zero-order valence-corrected chi connectivity index (χ0v) is 17.5. The van der Waals surface area contributed by atoms with Gasteiger partial charge in [0.05, 0.1) is 18.1 Å². The molecule has 0 aliphatic carbocycles. The molecular weight excluding hydrogens is 390 g/mol. The van der Waals surface area contributed by atoms with Crippen molar-refractivity contribution in [2.24, 2.45) is 0 Å². The lowest BCUT2D eigenvalue weighted by atomic mass is 10.1. The molecule has 0 aliphatic rings. The van der Waals surface area contributed by atoms with Crippen LogP contribution in [0.25, 0.3) is 22.4 Å². The van der Waals surface area contributed by atoms with Gasteiger partial charge in [0.2, 0.25) is 0 Å². The van der Waals surface area contributed by atoms with Gasteiger partial charge in [0.25, 0.3) is 0 Å². The van der Waals surface area contributed by atoms with Crippen molar-refractivity contribution in [3.05, 3.63) is 66.6 Å². The van der Waals surface area contributed by atoms with Crippen molar-refractivity contribution >= 4 is 23.0 Å². The van der Waals surface area contributed by atoms with Crippen molar-refractivity contribution < 1.29 is 4.79 Å². The van der Waals surface area contributed by atoms with Crippen molar-refractivity contribution in [2.45, 2.75) is 32.7 Å². The fraction of sp³-hybridized carbons (Fsp3) is 0.261. The SMILES string of the molecule is CCNC(=O)Nc1ccc2ncc(-c3cnn(CCCCc4ccccc4)c3)nc2n1. The van der Waals surface area contributed by atoms with E-state index in [9.17, 15) is 4.79 Å². The predicted molar refractivity (Wildman–Crippen MR) is 121 cm³/mol. The lowest BCUT2D eigenvalue weighted by Crippen LogP contribution is -2.28. The van der Waals surface area contributed by atoms with E-state index in [1.807, 2.05) is 23.9 Å². The molecule has 1 aromatic carbocycles. The summed E-state index contributed by atoms with van der Waals surface area (Å²) in [7, 11) is 0. The molecule has 0 atom stereocenters. The van der Waals surface area contributed by atoms with Crippen LogP contribution in [0.1, 0.15) is 25.3 Å². The number of hydrogen-bond acceptors (Lipinski definition) is 5. The van der Waals surface area contributed by atoms with Crippen molar-refractivity contribution in [3.63, 3.8) is 0 Å². The number of fused-ring (bicyclic) bond motifs is 1. The molecule has 31 heavy (non-hydrogen) atoms. The molecule has 158 valence electrons. The van der Waals surface area contributed by atoms with Crippen LogP contribution in [0, 0.1) is 0 Å². The maximum atomic E-state index is 11.7. The number of pyridine rings is 1. The maximum absolute atomic E-state index is 11.7. The first kappa shape index (κ1) is 20.5. The summed E-state index contributed by atoms with van der Waals surface area (Å²) in [5, 5.41) is 9.83. The van der Waals surface area contributed by atoms with Gasteiger partial charge in [-0.15, -0.1) is 0 Å². The molecule has 8 heteroatoms. The molecule has 0 unspecified atom stereocenters. The summed E-state index contributed by atoms with van der Waals surface area (Å²) in [6.45, 7) is 3.25. The van der Waals surface area contributed by atoms with Crippen LogP contribution in [-0.4, -0.2) is 37.3 Å². The minimum atomic E-state index is -0.299. The average molecular weight is 416 g/mol. The van der Waals surface area contributed by atoms with Crippen LogP contribution in [0.2, 0.25) is 0 Å². The number of carbonyl (C=O) groups is 1. The lowest BCUT2D eigenvalue weighted by molar-refractivity contribution is 0.252. The highest BCUT2D eigenvalue weighted by Crippen LogP contribution is 2.19. The van der Waals surface area contributed by atoms with E-state index in [2.05, 4.69) is 54.9 Å². The van der Waals surface area contributed by atoms with Gasteiger partial charge in [0.1, 0.15) is 11.3 Å². The Balaban J connectivity index is 1.40. The second kappa shape index (κ2) is 9.80. The number of hydrogen-bond donors (Lipinski definition) is 2. The third-order valence-corrected chi connectivity index (χ3v) is 4.86. The van der Waals surface area contributed by atoms with Crippen molar-refractivity contribution in [3.8, 4) is 11.3 Å². The molecule has 0 fully saturated rings. The number of rotatable bonds is 8. The van der Waals surface area contributed by atoms with Gasteiger partial charge >= 0.3 is 6.03 Å². The largest absolute Gasteiger partial charge is 0.338 e. The molecule has 0 spiro atoms. The van der Waals surface area contributed by atoms with Gasteiger partial charge in [0.15, 0.2) is 5.65 Å². The highest BCUT2D eigenvalue weighted by Gasteiger charge is 2.09. The van der Waals surface area contributed by atoms with Gasteiger partial charge in [0, 0.05) is 24.8 Å². The number of amides is 2.